The molecule has 1 atom stereocenters. The number of fused-ring (bicyclic) bond motifs is 2. The average Bonchev–Trinajstić information content (AvgIpc) is 2.60. The number of aryl methyl sites for hydroxylation is 1. The van der Waals surface area contributed by atoms with E-state index in [2.05, 4.69) is 37.9 Å². The van der Waals surface area contributed by atoms with E-state index < -0.39 is 0 Å². The van der Waals surface area contributed by atoms with Crippen molar-refractivity contribution in [3.05, 3.63) is 65.9 Å². The number of hydrogen-bond donors (Lipinski definition) is 0. The summed E-state index contributed by atoms with van der Waals surface area (Å²) in [6, 6.07) is 16.2. The summed E-state index contributed by atoms with van der Waals surface area (Å²) in [6.45, 7) is 8.48. The standard InChI is InChI=1S/C22H22N2O/c1-14-8-7-11-19-20(14)22(3,4)15(2)21(25)24(19)17-12-16-9-5-6-10-18(16)23-13-17/h5-13,15H,1-4H3. The van der Waals surface area contributed by atoms with E-state index in [1.165, 1.54) is 11.1 Å². The first-order chi connectivity index (χ1) is 11.9. The van der Waals surface area contributed by atoms with Crippen LogP contribution < -0.4 is 4.90 Å². The fourth-order valence-electron chi connectivity index (χ4n) is 3.96. The smallest absolute Gasteiger partial charge is 0.235 e. The van der Waals surface area contributed by atoms with Crippen molar-refractivity contribution in [2.75, 3.05) is 4.90 Å². The number of amides is 1. The lowest BCUT2D eigenvalue weighted by Gasteiger charge is -2.44. The van der Waals surface area contributed by atoms with Crippen LogP contribution in [0.5, 0.6) is 0 Å². The zero-order chi connectivity index (χ0) is 17.8. The third-order valence-corrected chi connectivity index (χ3v) is 5.64. The molecular weight excluding hydrogens is 308 g/mol. The van der Waals surface area contributed by atoms with E-state index in [1.54, 1.807) is 6.20 Å². The van der Waals surface area contributed by atoms with Gasteiger partial charge in [0.15, 0.2) is 0 Å². The third-order valence-electron chi connectivity index (χ3n) is 5.64. The van der Waals surface area contributed by atoms with Crippen LogP contribution in [0.25, 0.3) is 10.9 Å². The van der Waals surface area contributed by atoms with Crippen LogP contribution in [0, 0.1) is 12.8 Å². The minimum absolute atomic E-state index is 0.104. The van der Waals surface area contributed by atoms with Gasteiger partial charge in [-0.3, -0.25) is 14.7 Å². The Balaban J connectivity index is 1.97. The minimum Gasteiger partial charge on any atom is -0.279 e. The van der Waals surface area contributed by atoms with Gasteiger partial charge in [0.05, 0.1) is 23.1 Å². The second kappa shape index (κ2) is 5.41. The monoisotopic (exact) mass is 330 g/mol. The Bertz CT molecular complexity index is 990. The van der Waals surface area contributed by atoms with E-state index in [1.807, 2.05) is 48.2 Å². The Morgan fingerprint density at radius 1 is 1.08 bits per heavy atom. The number of carbonyl (C=O) groups is 1. The fourth-order valence-corrected chi connectivity index (χ4v) is 3.96. The van der Waals surface area contributed by atoms with Gasteiger partial charge in [0.2, 0.25) is 5.91 Å². The van der Waals surface area contributed by atoms with Crippen LogP contribution in [-0.4, -0.2) is 10.9 Å². The first kappa shape index (κ1) is 15.8. The first-order valence-corrected chi connectivity index (χ1v) is 8.70. The normalized spacial score (nSPS) is 19.1. The van der Waals surface area contributed by atoms with Crippen molar-refractivity contribution in [1.29, 1.82) is 0 Å². The largest absolute Gasteiger partial charge is 0.279 e. The van der Waals surface area contributed by atoms with Crippen molar-refractivity contribution in [3.63, 3.8) is 0 Å². The molecule has 3 nitrogen and oxygen atoms in total. The van der Waals surface area contributed by atoms with Crippen molar-refractivity contribution in [2.45, 2.75) is 33.1 Å². The molecule has 2 heterocycles. The Morgan fingerprint density at radius 3 is 2.64 bits per heavy atom. The maximum absolute atomic E-state index is 13.2. The van der Waals surface area contributed by atoms with Gasteiger partial charge >= 0.3 is 0 Å². The number of benzene rings is 2. The summed E-state index contributed by atoms with van der Waals surface area (Å²) in [5, 5.41) is 1.04. The van der Waals surface area contributed by atoms with E-state index in [0.717, 1.165) is 22.3 Å². The molecule has 1 aromatic heterocycles. The molecule has 3 heteroatoms. The Morgan fingerprint density at radius 2 is 1.84 bits per heavy atom. The molecule has 2 aromatic carbocycles. The summed E-state index contributed by atoms with van der Waals surface area (Å²) < 4.78 is 0. The van der Waals surface area contributed by atoms with Crippen LogP contribution in [0.1, 0.15) is 31.9 Å². The summed E-state index contributed by atoms with van der Waals surface area (Å²) >= 11 is 0. The number of hydrogen-bond acceptors (Lipinski definition) is 2. The molecule has 126 valence electrons. The molecule has 0 spiro atoms. The number of anilines is 2. The number of rotatable bonds is 1. The highest BCUT2D eigenvalue weighted by atomic mass is 16.2. The summed E-state index contributed by atoms with van der Waals surface area (Å²) in [4.78, 5) is 19.6. The summed E-state index contributed by atoms with van der Waals surface area (Å²) in [5.74, 6) is 0.0211. The van der Waals surface area contributed by atoms with Crippen LogP contribution >= 0.6 is 0 Å². The van der Waals surface area contributed by atoms with Crippen molar-refractivity contribution >= 4 is 28.2 Å². The molecule has 0 saturated carbocycles. The molecule has 0 bridgehead atoms. The van der Waals surface area contributed by atoms with Crippen LogP contribution in [0.4, 0.5) is 11.4 Å². The van der Waals surface area contributed by atoms with Crippen molar-refractivity contribution in [3.8, 4) is 0 Å². The third kappa shape index (κ3) is 2.26. The van der Waals surface area contributed by atoms with E-state index in [9.17, 15) is 4.79 Å². The van der Waals surface area contributed by atoms with Gasteiger partial charge in [-0.1, -0.05) is 51.1 Å². The molecule has 0 aliphatic carbocycles. The molecule has 1 aliphatic heterocycles. The minimum atomic E-state index is -0.196. The Hall–Kier alpha value is -2.68. The van der Waals surface area contributed by atoms with Gasteiger partial charge in [0, 0.05) is 16.7 Å². The van der Waals surface area contributed by atoms with E-state index in [-0.39, 0.29) is 17.2 Å². The average molecular weight is 330 g/mol. The maximum atomic E-state index is 13.2. The molecule has 1 unspecified atom stereocenters. The molecule has 1 amide bonds. The highest BCUT2D eigenvalue weighted by Gasteiger charge is 2.44. The molecule has 1 aliphatic rings. The summed E-state index contributed by atoms with van der Waals surface area (Å²) in [6.07, 6.45) is 1.80. The number of nitrogens with zero attached hydrogens (tertiary/aromatic N) is 2. The second-order valence-corrected chi connectivity index (χ2v) is 7.47. The Labute approximate surface area is 148 Å². The van der Waals surface area contributed by atoms with Gasteiger partial charge in [-0.15, -0.1) is 0 Å². The van der Waals surface area contributed by atoms with E-state index in [0.29, 0.717) is 0 Å². The molecular formula is C22H22N2O. The molecule has 0 saturated heterocycles. The van der Waals surface area contributed by atoms with Crippen molar-refractivity contribution in [2.24, 2.45) is 5.92 Å². The molecule has 25 heavy (non-hydrogen) atoms. The lowest BCUT2D eigenvalue weighted by molar-refractivity contribution is -0.123. The lowest BCUT2D eigenvalue weighted by atomic mass is 9.69. The van der Waals surface area contributed by atoms with Crippen LogP contribution in [0.15, 0.2) is 54.7 Å². The SMILES string of the molecule is Cc1cccc2c1C(C)(C)C(C)C(=O)N2c1cnc2ccccc2c1. The van der Waals surface area contributed by atoms with Gasteiger partial charge in [-0.25, -0.2) is 0 Å². The first-order valence-electron chi connectivity index (χ1n) is 8.70. The highest BCUT2D eigenvalue weighted by molar-refractivity contribution is 6.06. The molecule has 0 N–H and O–H groups in total. The molecule has 4 rings (SSSR count). The predicted molar refractivity (Wildman–Crippen MR) is 102 cm³/mol. The summed E-state index contributed by atoms with van der Waals surface area (Å²) in [5.41, 5.74) is 5.02. The van der Waals surface area contributed by atoms with Gasteiger partial charge in [-0.2, -0.15) is 0 Å². The zero-order valence-electron chi connectivity index (χ0n) is 15.1. The number of pyridine rings is 1. The number of para-hydroxylation sites is 1. The van der Waals surface area contributed by atoms with E-state index >= 15 is 0 Å². The van der Waals surface area contributed by atoms with Crippen LogP contribution in [0.2, 0.25) is 0 Å². The topological polar surface area (TPSA) is 33.2 Å². The fraction of sp³-hybridized carbons (Fsp3) is 0.273. The quantitative estimate of drug-likeness (QED) is 0.619. The van der Waals surface area contributed by atoms with Gasteiger partial charge in [0.1, 0.15) is 0 Å². The highest BCUT2D eigenvalue weighted by Crippen LogP contribution is 2.47. The molecule has 0 radical (unpaired) electrons. The predicted octanol–water partition coefficient (Wildman–Crippen LogP) is 5.14. The van der Waals surface area contributed by atoms with Crippen molar-refractivity contribution in [1.82, 2.24) is 4.98 Å². The van der Waals surface area contributed by atoms with Gasteiger partial charge in [-0.05, 0) is 36.2 Å². The van der Waals surface area contributed by atoms with Crippen molar-refractivity contribution < 1.29 is 4.79 Å². The molecule has 0 fully saturated rings. The van der Waals surface area contributed by atoms with Gasteiger partial charge in [0.25, 0.3) is 0 Å². The Kier molecular flexibility index (Phi) is 3.43. The van der Waals surface area contributed by atoms with Crippen LogP contribution in [0.3, 0.4) is 0 Å². The van der Waals surface area contributed by atoms with Gasteiger partial charge < -0.3 is 0 Å². The maximum Gasteiger partial charge on any atom is 0.235 e. The number of aromatic nitrogens is 1. The van der Waals surface area contributed by atoms with E-state index in [4.69, 9.17) is 0 Å². The number of carbonyl (C=O) groups excluding carboxylic acids is 1. The molecule has 3 aromatic rings. The van der Waals surface area contributed by atoms with Crippen LogP contribution in [-0.2, 0) is 10.2 Å². The lowest BCUT2D eigenvalue weighted by Crippen LogP contribution is -2.46. The summed E-state index contributed by atoms with van der Waals surface area (Å²) in [7, 11) is 0. The zero-order valence-corrected chi connectivity index (χ0v) is 15.1. The second-order valence-electron chi connectivity index (χ2n) is 7.47.